The van der Waals surface area contributed by atoms with E-state index in [0.717, 1.165) is 36.7 Å². The summed E-state index contributed by atoms with van der Waals surface area (Å²) in [6, 6.07) is 0. The van der Waals surface area contributed by atoms with Crippen molar-refractivity contribution in [2.24, 2.45) is 13.0 Å². The largest absolute Gasteiger partial charge is 0.394 e. The van der Waals surface area contributed by atoms with Gasteiger partial charge in [0.05, 0.1) is 11.4 Å². The molecule has 1 aromatic rings. The van der Waals surface area contributed by atoms with Crippen LogP contribution >= 0.6 is 0 Å². The van der Waals surface area contributed by atoms with Crippen molar-refractivity contribution in [3.8, 4) is 0 Å². The molecule has 0 saturated carbocycles. The molecular formula is C12H24N4. The number of anilines is 2. The van der Waals surface area contributed by atoms with Crippen LogP contribution < -0.4 is 10.6 Å². The molecule has 0 fully saturated rings. The van der Waals surface area contributed by atoms with Crippen molar-refractivity contribution >= 4 is 11.5 Å². The average Bonchev–Trinajstić information content (AvgIpc) is 2.50. The van der Waals surface area contributed by atoms with Crippen LogP contribution in [-0.2, 0) is 13.5 Å². The fourth-order valence-corrected chi connectivity index (χ4v) is 2.03. The molecule has 0 radical (unpaired) electrons. The molecule has 0 aromatic carbocycles. The van der Waals surface area contributed by atoms with Gasteiger partial charge in [0.25, 0.3) is 0 Å². The zero-order valence-corrected chi connectivity index (χ0v) is 11.1. The third-order valence-corrected chi connectivity index (χ3v) is 2.73. The normalized spacial score (nSPS) is 11.1. The van der Waals surface area contributed by atoms with E-state index >= 15 is 0 Å². The van der Waals surface area contributed by atoms with Crippen LogP contribution in [-0.4, -0.2) is 22.9 Å². The van der Waals surface area contributed by atoms with E-state index in [1.165, 1.54) is 0 Å². The highest BCUT2D eigenvalue weighted by atomic mass is 15.4. The zero-order chi connectivity index (χ0) is 12.3. The van der Waals surface area contributed by atoms with Gasteiger partial charge in [-0.1, -0.05) is 20.8 Å². The predicted molar refractivity (Wildman–Crippen MR) is 69.7 cm³/mol. The lowest BCUT2D eigenvalue weighted by atomic mass is 10.2. The SMILES string of the molecule is CCc1nn(C)c(N(CC)CC(C)C)c1N. The fourth-order valence-electron chi connectivity index (χ4n) is 2.03. The number of hydrogen-bond donors (Lipinski definition) is 1. The number of hydrogen-bond acceptors (Lipinski definition) is 3. The van der Waals surface area contributed by atoms with E-state index in [4.69, 9.17) is 5.73 Å². The van der Waals surface area contributed by atoms with E-state index in [-0.39, 0.29) is 0 Å². The first-order chi connectivity index (χ1) is 7.51. The Labute approximate surface area is 98.4 Å². The second-order valence-corrected chi connectivity index (χ2v) is 4.59. The van der Waals surface area contributed by atoms with Gasteiger partial charge in [-0.05, 0) is 19.3 Å². The number of nitrogens with zero attached hydrogens (tertiary/aromatic N) is 3. The smallest absolute Gasteiger partial charge is 0.150 e. The van der Waals surface area contributed by atoms with E-state index in [0.29, 0.717) is 5.92 Å². The van der Waals surface area contributed by atoms with Crippen molar-refractivity contribution in [1.82, 2.24) is 9.78 Å². The van der Waals surface area contributed by atoms with Crippen molar-refractivity contribution in [2.75, 3.05) is 23.7 Å². The molecule has 0 aliphatic rings. The van der Waals surface area contributed by atoms with Crippen LogP contribution in [0.25, 0.3) is 0 Å². The summed E-state index contributed by atoms with van der Waals surface area (Å²) in [5.41, 5.74) is 7.98. The van der Waals surface area contributed by atoms with Crippen LogP contribution in [0.4, 0.5) is 11.5 Å². The molecule has 4 heteroatoms. The molecule has 0 aliphatic heterocycles. The minimum absolute atomic E-state index is 0.624. The van der Waals surface area contributed by atoms with E-state index in [1.807, 2.05) is 11.7 Å². The van der Waals surface area contributed by atoms with Gasteiger partial charge in [0.2, 0.25) is 0 Å². The monoisotopic (exact) mass is 224 g/mol. The van der Waals surface area contributed by atoms with Crippen LogP contribution in [0.2, 0.25) is 0 Å². The molecule has 0 saturated heterocycles. The first-order valence-corrected chi connectivity index (χ1v) is 6.07. The standard InChI is InChI=1S/C12H24N4/c1-6-10-11(13)12(15(5)14-10)16(7-2)8-9(3)4/h9H,6-8,13H2,1-5H3. The highest BCUT2D eigenvalue weighted by molar-refractivity contribution is 5.66. The van der Waals surface area contributed by atoms with Gasteiger partial charge in [-0.3, -0.25) is 4.68 Å². The van der Waals surface area contributed by atoms with E-state index in [9.17, 15) is 0 Å². The number of nitrogen functional groups attached to an aromatic ring is 1. The minimum Gasteiger partial charge on any atom is -0.394 e. The molecule has 4 nitrogen and oxygen atoms in total. The lowest BCUT2D eigenvalue weighted by molar-refractivity contribution is 0.600. The maximum Gasteiger partial charge on any atom is 0.150 e. The van der Waals surface area contributed by atoms with Crippen LogP contribution in [0.5, 0.6) is 0 Å². The molecular weight excluding hydrogens is 200 g/mol. The van der Waals surface area contributed by atoms with E-state index in [1.54, 1.807) is 0 Å². The van der Waals surface area contributed by atoms with Gasteiger partial charge >= 0.3 is 0 Å². The van der Waals surface area contributed by atoms with Gasteiger partial charge in [-0.15, -0.1) is 0 Å². The molecule has 1 aromatic heterocycles. The molecule has 0 aliphatic carbocycles. The summed E-state index contributed by atoms with van der Waals surface area (Å²) < 4.78 is 1.90. The molecule has 92 valence electrons. The van der Waals surface area contributed by atoms with E-state index in [2.05, 4.69) is 37.7 Å². The quantitative estimate of drug-likeness (QED) is 0.832. The van der Waals surface area contributed by atoms with Gasteiger partial charge in [0, 0.05) is 20.1 Å². The Balaban J connectivity index is 3.04. The van der Waals surface area contributed by atoms with Crippen molar-refractivity contribution in [1.29, 1.82) is 0 Å². The number of nitrogens with two attached hydrogens (primary N) is 1. The molecule has 0 bridgehead atoms. The minimum atomic E-state index is 0.624. The van der Waals surface area contributed by atoms with Crippen LogP contribution in [0.15, 0.2) is 0 Å². The highest BCUT2D eigenvalue weighted by Gasteiger charge is 2.17. The van der Waals surface area contributed by atoms with Crippen molar-refractivity contribution in [3.05, 3.63) is 5.69 Å². The molecule has 1 heterocycles. The van der Waals surface area contributed by atoms with Crippen LogP contribution in [0.1, 0.15) is 33.4 Å². The number of aromatic nitrogens is 2. The maximum atomic E-state index is 6.14. The van der Waals surface area contributed by atoms with Gasteiger partial charge in [0.15, 0.2) is 0 Å². The summed E-state index contributed by atoms with van der Waals surface area (Å²) in [6.07, 6.45) is 0.888. The Hall–Kier alpha value is -1.19. The Kier molecular flexibility index (Phi) is 4.21. The van der Waals surface area contributed by atoms with Crippen molar-refractivity contribution in [2.45, 2.75) is 34.1 Å². The first-order valence-electron chi connectivity index (χ1n) is 6.07. The molecule has 2 N–H and O–H groups in total. The lowest BCUT2D eigenvalue weighted by Gasteiger charge is -2.25. The third-order valence-electron chi connectivity index (χ3n) is 2.73. The molecule has 0 amide bonds. The predicted octanol–water partition coefficient (Wildman–Crippen LogP) is 2.05. The van der Waals surface area contributed by atoms with Crippen LogP contribution in [0.3, 0.4) is 0 Å². The highest BCUT2D eigenvalue weighted by Crippen LogP contribution is 2.26. The first kappa shape index (κ1) is 12.9. The Morgan fingerprint density at radius 2 is 2.00 bits per heavy atom. The fraction of sp³-hybridized carbons (Fsp3) is 0.750. The topological polar surface area (TPSA) is 47.1 Å². The van der Waals surface area contributed by atoms with Gasteiger partial charge in [-0.2, -0.15) is 5.10 Å². The van der Waals surface area contributed by atoms with Crippen molar-refractivity contribution < 1.29 is 0 Å². The number of rotatable bonds is 5. The second-order valence-electron chi connectivity index (χ2n) is 4.59. The average molecular weight is 224 g/mol. The third kappa shape index (κ3) is 2.49. The molecule has 0 spiro atoms. The molecule has 0 unspecified atom stereocenters. The van der Waals surface area contributed by atoms with Crippen molar-refractivity contribution in [3.63, 3.8) is 0 Å². The van der Waals surface area contributed by atoms with Gasteiger partial charge < -0.3 is 10.6 Å². The van der Waals surface area contributed by atoms with E-state index < -0.39 is 0 Å². The Morgan fingerprint density at radius 1 is 1.38 bits per heavy atom. The molecule has 0 atom stereocenters. The summed E-state index contributed by atoms with van der Waals surface area (Å²) >= 11 is 0. The Bertz CT molecular complexity index is 341. The summed E-state index contributed by atoms with van der Waals surface area (Å²) in [4.78, 5) is 2.30. The number of aryl methyl sites for hydroxylation is 2. The summed E-state index contributed by atoms with van der Waals surface area (Å²) in [5.74, 6) is 1.69. The van der Waals surface area contributed by atoms with Gasteiger partial charge in [0.1, 0.15) is 5.82 Å². The van der Waals surface area contributed by atoms with Crippen LogP contribution in [0, 0.1) is 5.92 Å². The summed E-state index contributed by atoms with van der Waals surface area (Å²) in [5, 5.41) is 4.45. The summed E-state index contributed by atoms with van der Waals surface area (Å²) in [6.45, 7) is 10.7. The van der Waals surface area contributed by atoms with Gasteiger partial charge in [-0.25, -0.2) is 0 Å². The second kappa shape index (κ2) is 5.23. The molecule has 16 heavy (non-hydrogen) atoms. The zero-order valence-electron chi connectivity index (χ0n) is 11.1. The summed E-state index contributed by atoms with van der Waals surface area (Å²) in [7, 11) is 1.97. The maximum absolute atomic E-state index is 6.14. The Morgan fingerprint density at radius 3 is 2.38 bits per heavy atom. The lowest BCUT2D eigenvalue weighted by Crippen LogP contribution is -2.29. The molecule has 1 rings (SSSR count).